The molecule has 0 aliphatic carbocycles. The normalized spacial score (nSPS) is 22.7. The number of primary amides is 3. The van der Waals surface area contributed by atoms with Crippen molar-refractivity contribution in [1.82, 2.24) is 62.8 Å². The number of benzene rings is 2. The summed E-state index contributed by atoms with van der Waals surface area (Å²) in [6.45, 7) is 2.40. The van der Waals surface area contributed by atoms with Gasteiger partial charge in [-0.3, -0.25) is 72.1 Å². The second-order valence-electron chi connectivity index (χ2n) is 24.6. The fourth-order valence-corrected chi connectivity index (χ4v) is 11.9. The van der Waals surface area contributed by atoms with Gasteiger partial charge < -0.3 is 95.9 Å². The van der Waals surface area contributed by atoms with E-state index in [4.69, 9.17) is 33.5 Å². The lowest BCUT2D eigenvalue weighted by atomic mass is 10.0. The van der Waals surface area contributed by atoms with Crippen molar-refractivity contribution in [3.63, 3.8) is 0 Å². The molecule has 0 radical (unpaired) electrons. The number of likely N-dealkylation sites (tertiary alicyclic amines) is 1. The second kappa shape index (κ2) is 37.9. The number of rotatable bonds is 25. The van der Waals surface area contributed by atoms with Crippen LogP contribution in [0, 0.1) is 0 Å². The van der Waals surface area contributed by atoms with Crippen molar-refractivity contribution < 1.29 is 77.1 Å². The summed E-state index contributed by atoms with van der Waals surface area (Å²) in [5.74, 6) is -12.6. The molecule has 3 aliphatic heterocycles. The first kappa shape index (κ1) is 76.8. The minimum absolute atomic E-state index is 0.00376. The smallest absolute Gasteiger partial charge is 0.324 e. The van der Waals surface area contributed by atoms with Crippen molar-refractivity contribution in [2.24, 2.45) is 33.7 Å². The molecule has 3 aromatic rings. The molecule has 34 nitrogen and oxygen atoms in total. The van der Waals surface area contributed by atoms with Crippen molar-refractivity contribution in [3.05, 3.63) is 71.9 Å². The molecule has 1 aromatic heterocycles. The minimum atomic E-state index is -1.68. The maximum absolute atomic E-state index is 15.1. The van der Waals surface area contributed by atoms with Crippen LogP contribution in [-0.4, -0.2) is 201 Å². The molecule has 3 aliphatic rings. The van der Waals surface area contributed by atoms with Gasteiger partial charge in [0.25, 0.3) is 0 Å². The number of hydroxylamine groups is 1. The number of aliphatic imine (C=N–C) groups is 1. The van der Waals surface area contributed by atoms with Crippen LogP contribution >= 0.6 is 0 Å². The number of amides is 13. The molecule has 13 amide bonds. The third kappa shape index (κ3) is 23.5. The molecule has 4 heterocycles. The third-order valence-electron chi connectivity index (χ3n) is 16.9. The van der Waals surface area contributed by atoms with E-state index in [1.54, 1.807) is 49.5 Å². The Bertz CT molecular complexity index is 3380. The van der Waals surface area contributed by atoms with Crippen molar-refractivity contribution in [2.45, 2.75) is 196 Å². The zero-order valence-electron chi connectivity index (χ0n) is 55.0. The lowest BCUT2D eigenvalue weighted by molar-refractivity contribution is -0.152. The number of nitrogens with zero attached hydrogens (tertiary/aromatic N) is 3. The number of fused-ring (bicyclic) bond motifs is 2. The number of unbranched alkanes of at least 4 members (excludes halogenated alkanes) is 1. The summed E-state index contributed by atoms with van der Waals surface area (Å²) in [7, 11) is 0. The predicted octanol–water partition coefficient (Wildman–Crippen LogP) is -4.31. The number of hydrogen-bond acceptors (Lipinski definition) is 18. The van der Waals surface area contributed by atoms with Gasteiger partial charge >= 0.3 is 5.97 Å². The van der Waals surface area contributed by atoms with Gasteiger partial charge in [-0.1, -0.05) is 68.3 Å². The highest BCUT2D eigenvalue weighted by Crippen LogP contribution is 2.25. The third-order valence-corrected chi connectivity index (χ3v) is 16.9. The molecule has 0 bridgehead atoms. The van der Waals surface area contributed by atoms with Crippen LogP contribution in [0.2, 0.25) is 0 Å². The van der Waals surface area contributed by atoms with E-state index in [2.05, 4.69) is 58.0 Å². The quantitative estimate of drug-likeness (QED) is 0.0217. The van der Waals surface area contributed by atoms with Gasteiger partial charge in [0.2, 0.25) is 76.8 Å². The molecule has 0 saturated carbocycles. The lowest BCUT2D eigenvalue weighted by Crippen LogP contribution is -2.60. The van der Waals surface area contributed by atoms with Gasteiger partial charge in [-0.2, -0.15) is 5.48 Å². The van der Waals surface area contributed by atoms with E-state index in [0.29, 0.717) is 24.0 Å². The largest absolute Gasteiger partial charge is 0.391 e. The van der Waals surface area contributed by atoms with Crippen molar-refractivity contribution >= 4 is 99.6 Å². The van der Waals surface area contributed by atoms with Crippen LogP contribution in [0.15, 0.2) is 65.8 Å². The Balaban J connectivity index is 1.30. The van der Waals surface area contributed by atoms with Gasteiger partial charge in [-0.25, -0.2) is 0 Å². The first-order valence-electron chi connectivity index (χ1n) is 32.8. The Labute approximate surface area is 565 Å². The maximum atomic E-state index is 15.1. The standard InChI is InChI=1S/C64H92N18O16/c1-3-4-17-42(76-60(94)49-21-13-28-81(49)63(97)48(32-52(66)86)80-57(91)44(73-35(2)83)22-24-51(65)85)55(89)77-45-23-25-53(87)98-72-27-11-10-19-41(54(67)88)74-59(93)47(30-37-33-71-40-18-9-8-16-39(37)40)78-56(90)43(20-12-26-70-64(68)69)75-58(92)46(29-36-14-6-5-7-15-36)79-61(95)50-31-38(84)34-82(50)62(45)96/h5-9,14-16,18,33,38,41-50,71-72,84H,3-4,10-13,17,19-32,34H2,1-2H3,(H2,65,85)(H2,66,86)(H2,67,88)(H,73,83)(H,74,93)(H,75,92)(H,76,94)(H,77,89)(H,78,90)(H,79,95)(H,80,91)(H4,68,69,70)/t38?,41-,42-,43-,44-,45-,46+,47-,48-,49-,50-/m0/s1. The van der Waals surface area contributed by atoms with Crippen LogP contribution < -0.4 is 76.7 Å². The number of para-hydroxylation sites is 1. The van der Waals surface area contributed by atoms with Crippen LogP contribution in [0.5, 0.6) is 0 Å². The lowest BCUT2D eigenvalue weighted by Gasteiger charge is -2.32. The molecule has 1 unspecified atom stereocenters. The topological polar surface area (TPSA) is 541 Å². The van der Waals surface area contributed by atoms with Gasteiger partial charge in [0.15, 0.2) is 5.96 Å². The fraction of sp³-hybridized carbons (Fsp3) is 0.547. The number of hydrogen-bond donors (Lipinski definition) is 16. The van der Waals surface area contributed by atoms with E-state index in [9.17, 15) is 67.4 Å². The molecule has 21 N–H and O–H groups in total. The van der Waals surface area contributed by atoms with E-state index in [1.807, 2.05) is 18.2 Å². The average molecular weight is 1370 g/mol. The van der Waals surface area contributed by atoms with Crippen LogP contribution in [0.25, 0.3) is 10.9 Å². The SMILES string of the molecule is CCCC[C@H](NC(=O)[C@@H]1CCCN1C(=O)[C@H](CC(N)=O)NC(=O)[C@H](CCC(N)=O)NC(C)=O)C(=O)N[C@H]1CCC(=O)ONCCCC[C@@H](C(N)=O)NC(=O)[C@H](Cc2c[nH]c3ccccc23)NC(=O)[C@H](CCCN=C(N)N)NC(=O)[C@@H](Cc2ccccc2)NC(=O)[C@@H]2CC(O)CN2C1=O. The Morgan fingerprint density at radius 1 is 0.714 bits per heavy atom. The molecular weight excluding hydrogens is 1280 g/mol. The molecule has 11 atom stereocenters. The number of carbonyl (C=O) groups excluding carboxylic acids is 14. The van der Waals surface area contributed by atoms with Gasteiger partial charge in [0.1, 0.15) is 60.4 Å². The molecule has 34 heteroatoms. The number of nitrogens with one attached hydrogen (secondary N) is 10. The highest BCUT2D eigenvalue weighted by atomic mass is 16.7. The molecule has 3 saturated heterocycles. The maximum Gasteiger partial charge on any atom is 0.324 e. The molecular formula is C64H92N18O16. The Morgan fingerprint density at radius 2 is 1.39 bits per heavy atom. The summed E-state index contributed by atoms with van der Waals surface area (Å²) >= 11 is 0. The van der Waals surface area contributed by atoms with E-state index >= 15 is 4.79 Å². The average Bonchev–Trinajstić information content (AvgIpc) is 1.63. The Kier molecular flexibility index (Phi) is 29.7. The van der Waals surface area contributed by atoms with Crippen LogP contribution in [0.1, 0.15) is 128 Å². The number of guanidine groups is 1. The number of aromatic nitrogens is 1. The van der Waals surface area contributed by atoms with Crippen molar-refractivity contribution in [3.8, 4) is 0 Å². The van der Waals surface area contributed by atoms with Gasteiger partial charge in [0, 0.05) is 82.3 Å². The number of aliphatic hydroxyl groups excluding tert-OH is 1. The molecule has 6 rings (SSSR count). The molecule has 98 heavy (non-hydrogen) atoms. The molecule has 534 valence electrons. The van der Waals surface area contributed by atoms with Crippen LogP contribution in [-0.2, 0) is 84.8 Å². The predicted molar refractivity (Wildman–Crippen MR) is 352 cm³/mol. The Hall–Kier alpha value is -10.3. The van der Waals surface area contributed by atoms with Gasteiger partial charge in [-0.05, 0) is 81.4 Å². The highest BCUT2D eigenvalue weighted by Gasteiger charge is 2.45. The molecule has 2 aromatic carbocycles. The summed E-state index contributed by atoms with van der Waals surface area (Å²) in [5, 5.41) is 33.0. The number of carbonyl (C=O) groups is 14. The van der Waals surface area contributed by atoms with Crippen molar-refractivity contribution in [2.75, 3.05) is 26.2 Å². The van der Waals surface area contributed by atoms with Crippen LogP contribution in [0.4, 0.5) is 0 Å². The first-order valence-corrected chi connectivity index (χ1v) is 32.8. The Morgan fingerprint density at radius 3 is 2.08 bits per heavy atom. The molecule has 0 spiro atoms. The summed E-state index contributed by atoms with van der Waals surface area (Å²) in [4.78, 5) is 208. The van der Waals surface area contributed by atoms with E-state index < -0.39 is 175 Å². The monoisotopic (exact) mass is 1370 g/mol. The second-order valence-corrected chi connectivity index (χ2v) is 24.6. The van der Waals surface area contributed by atoms with Gasteiger partial charge in [0.05, 0.1) is 12.5 Å². The van der Waals surface area contributed by atoms with E-state index in [-0.39, 0.29) is 109 Å². The highest BCUT2D eigenvalue weighted by molar-refractivity contribution is 6.00. The van der Waals surface area contributed by atoms with Crippen molar-refractivity contribution in [1.29, 1.82) is 0 Å². The summed E-state index contributed by atoms with van der Waals surface area (Å²) in [6.07, 6.45) is -1.19. The zero-order chi connectivity index (χ0) is 71.6. The zero-order valence-corrected chi connectivity index (χ0v) is 55.0. The number of H-pyrrole nitrogens is 1. The minimum Gasteiger partial charge on any atom is -0.391 e. The number of aromatic amines is 1. The first-order chi connectivity index (χ1) is 46.7. The summed E-state index contributed by atoms with van der Waals surface area (Å²) in [6, 6.07) is 1.15. The van der Waals surface area contributed by atoms with Crippen LogP contribution in [0.3, 0.4) is 0 Å². The summed E-state index contributed by atoms with van der Waals surface area (Å²) < 4.78 is 0. The number of aliphatic hydroxyl groups is 1. The van der Waals surface area contributed by atoms with E-state index in [0.717, 1.165) is 27.6 Å². The number of nitrogens with two attached hydrogens (primary N) is 5. The summed E-state index contributed by atoms with van der Waals surface area (Å²) in [5.41, 5.74) is 32.2. The fourth-order valence-electron chi connectivity index (χ4n) is 11.9. The molecule has 3 fully saturated rings. The van der Waals surface area contributed by atoms with E-state index in [1.165, 1.54) is 0 Å². The van der Waals surface area contributed by atoms with Gasteiger partial charge in [-0.15, -0.1) is 0 Å².